The molecule has 1 aromatic heterocycles. The zero-order valence-corrected chi connectivity index (χ0v) is 14.3. The summed E-state index contributed by atoms with van der Waals surface area (Å²) in [4.78, 5) is 30.8. The second kappa shape index (κ2) is 7.96. The summed E-state index contributed by atoms with van der Waals surface area (Å²) in [5.74, 6) is -0.369. The van der Waals surface area contributed by atoms with Crippen molar-refractivity contribution in [3.8, 4) is 0 Å². The lowest BCUT2D eigenvalue weighted by Crippen LogP contribution is -2.02. The Balaban J connectivity index is 1.73. The Hall–Kier alpha value is -3.94. The number of ether oxygens (including phenoxy) is 1. The average Bonchev–Trinajstić information content (AvgIpc) is 2.68. The molecule has 0 radical (unpaired) electrons. The van der Waals surface area contributed by atoms with Gasteiger partial charge >= 0.3 is 11.9 Å². The van der Waals surface area contributed by atoms with Gasteiger partial charge in [0.05, 0.1) is 18.2 Å². The molecule has 3 rings (SSSR count). The van der Waals surface area contributed by atoms with Crippen molar-refractivity contribution in [1.82, 2.24) is 9.97 Å². The number of nitrogens with one attached hydrogen (secondary N) is 2. The minimum absolute atomic E-state index is 0.179. The molecule has 8 nitrogen and oxygen atoms in total. The summed E-state index contributed by atoms with van der Waals surface area (Å²) < 4.78 is 4.66. The maximum Gasteiger partial charge on any atom is 0.337 e. The summed E-state index contributed by atoms with van der Waals surface area (Å²) in [7, 11) is 1.33. The molecule has 0 unspecified atom stereocenters. The highest BCUT2D eigenvalue weighted by molar-refractivity contribution is 5.90. The molecule has 27 heavy (non-hydrogen) atoms. The molecular weight excluding hydrogens is 348 g/mol. The Labute approximate surface area is 154 Å². The standard InChI is InChI=1S/C19H16N4O4/c1-27-19(26)12-5-7-14(8-6-12)22-16-10-17(21-11-20-16)23-15-4-2-3-13(9-15)18(24)25/h2-11H,1H3,(H,24,25)(H2,20,21,22,23). The van der Waals surface area contributed by atoms with E-state index >= 15 is 0 Å². The second-order valence-electron chi connectivity index (χ2n) is 5.49. The number of hydrogen-bond donors (Lipinski definition) is 3. The van der Waals surface area contributed by atoms with Crippen LogP contribution in [0.2, 0.25) is 0 Å². The minimum atomic E-state index is -1.00. The Kier molecular flexibility index (Phi) is 5.27. The summed E-state index contributed by atoms with van der Waals surface area (Å²) in [6.45, 7) is 0. The number of methoxy groups -OCH3 is 1. The third kappa shape index (κ3) is 4.57. The van der Waals surface area contributed by atoms with Gasteiger partial charge in [-0.15, -0.1) is 0 Å². The highest BCUT2D eigenvalue weighted by Crippen LogP contribution is 2.20. The van der Waals surface area contributed by atoms with Crippen LogP contribution in [0.4, 0.5) is 23.0 Å². The molecule has 0 spiro atoms. The molecule has 0 bridgehead atoms. The topological polar surface area (TPSA) is 113 Å². The van der Waals surface area contributed by atoms with E-state index in [9.17, 15) is 9.59 Å². The van der Waals surface area contributed by atoms with Crippen LogP contribution >= 0.6 is 0 Å². The number of aromatic carboxylic acids is 1. The zero-order chi connectivity index (χ0) is 19.2. The van der Waals surface area contributed by atoms with Gasteiger partial charge in [0, 0.05) is 17.4 Å². The SMILES string of the molecule is COC(=O)c1ccc(Nc2cc(Nc3cccc(C(=O)O)c3)ncn2)cc1. The van der Waals surface area contributed by atoms with Crippen molar-refractivity contribution in [1.29, 1.82) is 0 Å². The van der Waals surface area contributed by atoms with Crippen molar-refractivity contribution in [3.63, 3.8) is 0 Å². The van der Waals surface area contributed by atoms with Crippen molar-refractivity contribution in [3.05, 3.63) is 72.1 Å². The number of benzene rings is 2. The smallest absolute Gasteiger partial charge is 0.337 e. The summed E-state index contributed by atoms with van der Waals surface area (Å²) in [6, 6.07) is 14.9. The molecule has 0 fully saturated rings. The molecule has 1 heterocycles. The molecule has 0 atom stereocenters. The Morgan fingerprint density at radius 3 is 2.19 bits per heavy atom. The van der Waals surface area contributed by atoms with Crippen molar-refractivity contribution in [2.24, 2.45) is 0 Å². The van der Waals surface area contributed by atoms with Gasteiger partial charge in [0.1, 0.15) is 18.0 Å². The van der Waals surface area contributed by atoms with Crippen molar-refractivity contribution < 1.29 is 19.4 Å². The van der Waals surface area contributed by atoms with E-state index < -0.39 is 11.9 Å². The van der Waals surface area contributed by atoms with Crippen LogP contribution in [0.5, 0.6) is 0 Å². The van der Waals surface area contributed by atoms with E-state index in [-0.39, 0.29) is 5.56 Å². The van der Waals surface area contributed by atoms with Gasteiger partial charge in [0.2, 0.25) is 0 Å². The molecule has 0 saturated heterocycles. The number of carbonyl (C=O) groups excluding carboxylic acids is 1. The fourth-order valence-electron chi connectivity index (χ4n) is 2.33. The first-order valence-corrected chi connectivity index (χ1v) is 7.93. The summed E-state index contributed by atoms with van der Waals surface area (Å²) >= 11 is 0. The zero-order valence-electron chi connectivity index (χ0n) is 14.3. The van der Waals surface area contributed by atoms with E-state index in [1.165, 1.54) is 25.6 Å². The van der Waals surface area contributed by atoms with Crippen LogP contribution in [-0.2, 0) is 4.74 Å². The van der Waals surface area contributed by atoms with Gasteiger partial charge in [-0.25, -0.2) is 19.6 Å². The van der Waals surface area contributed by atoms with Crippen LogP contribution in [0.3, 0.4) is 0 Å². The van der Waals surface area contributed by atoms with E-state index in [0.29, 0.717) is 22.9 Å². The first-order chi connectivity index (χ1) is 13.0. The van der Waals surface area contributed by atoms with Crippen molar-refractivity contribution >= 4 is 34.9 Å². The van der Waals surface area contributed by atoms with Gasteiger partial charge in [0.25, 0.3) is 0 Å². The highest BCUT2D eigenvalue weighted by atomic mass is 16.5. The number of hydrogen-bond acceptors (Lipinski definition) is 7. The van der Waals surface area contributed by atoms with Crippen molar-refractivity contribution in [2.45, 2.75) is 0 Å². The molecule has 0 aliphatic heterocycles. The van der Waals surface area contributed by atoms with Gasteiger partial charge in [0.15, 0.2) is 0 Å². The van der Waals surface area contributed by atoms with Gasteiger partial charge in [-0.3, -0.25) is 0 Å². The number of esters is 1. The minimum Gasteiger partial charge on any atom is -0.478 e. The monoisotopic (exact) mass is 364 g/mol. The lowest BCUT2D eigenvalue weighted by molar-refractivity contribution is 0.0600. The molecule has 0 aliphatic rings. The maximum absolute atomic E-state index is 11.5. The Bertz CT molecular complexity index is 973. The second-order valence-corrected chi connectivity index (χ2v) is 5.49. The first kappa shape index (κ1) is 17.9. The molecular formula is C19H16N4O4. The molecule has 0 saturated carbocycles. The van der Waals surface area contributed by atoms with Crippen molar-refractivity contribution in [2.75, 3.05) is 17.7 Å². The van der Waals surface area contributed by atoms with Crippen LogP contribution in [0.1, 0.15) is 20.7 Å². The van der Waals surface area contributed by atoms with Crippen LogP contribution in [-0.4, -0.2) is 34.1 Å². The Morgan fingerprint density at radius 2 is 1.56 bits per heavy atom. The number of anilines is 4. The summed E-state index contributed by atoms with van der Waals surface area (Å²) in [6.07, 6.45) is 1.38. The quantitative estimate of drug-likeness (QED) is 0.570. The van der Waals surface area contributed by atoms with Crippen LogP contribution in [0.15, 0.2) is 60.9 Å². The molecule has 3 N–H and O–H groups in total. The molecule has 2 aromatic carbocycles. The number of aromatic nitrogens is 2. The number of rotatable bonds is 6. The molecule has 136 valence electrons. The number of carboxylic acid groups (broad SMARTS) is 1. The number of nitrogens with zero attached hydrogens (tertiary/aromatic N) is 2. The van der Waals surface area contributed by atoms with Gasteiger partial charge in [-0.1, -0.05) is 6.07 Å². The van der Waals surface area contributed by atoms with E-state index in [4.69, 9.17) is 5.11 Å². The summed E-state index contributed by atoms with van der Waals surface area (Å²) in [5.41, 5.74) is 1.96. The molecule has 0 aliphatic carbocycles. The van der Waals surface area contributed by atoms with E-state index in [0.717, 1.165) is 5.69 Å². The fourth-order valence-corrected chi connectivity index (χ4v) is 2.33. The van der Waals surface area contributed by atoms with Gasteiger partial charge in [-0.05, 0) is 42.5 Å². The maximum atomic E-state index is 11.5. The van der Waals surface area contributed by atoms with Crippen LogP contribution in [0, 0.1) is 0 Å². The molecule has 8 heteroatoms. The van der Waals surface area contributed by atoms with E-state index in [2.05, 4.69) is 25.3 Å². The number of carboxylic acids is 1. The first-order valence-electron chi connectivity index (χ1n) is 7.93. The third-order valence-electron chi connectivity index (χ3n) is 3.63. The highest BCUT2D eigenvalue weighted by Gasteiger charge is 2.06. The Morgan fingerprint density at radius 1 is 0.889 bits per heavy atom. The predicted molar refractivity (Wildman–Crippen MR) is 99.8 cm³/mol. The lowest BCUT2D eigenvalue weighted by Gasteiger charge is -2.09. The largest absolute Gasteiger partial charge is 0.478 e. The predicted octanol–water partition coefficient (Wildman–Crippen LogP) is 3.45. The normalized spacial score (nSPS) is 10.1. The lowest BCUT2D eigenvalue weighted by atomic mass is 10.2. The molecule has 3 aromatic rings. The van der Waals surface area contributed by atoms with E-state index in [1.54, 1.807) is 42.5 Å². The fraction of sp³-hybridized carbons (Fsp3) is 0.0526. The molecule has 0 amide bonds. The number of carbonyl (C=O) groups is 2. The van der Waals surface area contributed by atoms with E-state index in [1.807, 2.05) is 0 Å². The average molecular weight is 364 g/mol. The van der Waals surface area contributed by atoms with Gasteiger partial charge < -0.3 is 20.5 Å². The summed E-state index contributed by atoms with van der Waals surface area (Å²) in [5, 5.41) is 15.2. The van der Waals surface area contributed by atoms with Gasteiger partial charge in [-0.2, -0.15) is 0 Å². The third-order valence-corrected chi connectivity index (χ3v) is 3.63. The van der Waals surface area contributed by atoms with Crippen LogP contribution < -0.4 is 10.6 Å². The van der Waals surface area contributed by atoms with Crippen LogP contribution in [0.25, 0.3) is 0 Å².